The molecule has 0 aromatic carbocycles. The summed E-state index contributed by atoms with van der Waals surface area (Å²) in [5.41, 5.74) is 4.74. The van der Waals surface area contributed by atoms with E-state index in [1.54, 1.807) is 13.8 Å². The number of hydrogen-bond acceptors (Lipinski definition) is 6. The number of nitrogens with one attached hydrogen (secondary N) is 1. The number of thiazole rings is 1. The second kappa shape index (κ2) is 6.10. The van der Waals surface area contributed by atoms with Crippen LogP contribution in [0.5, 0.6) is 0 Å². The Morgan fingerprint density at radius 1 is 1.50 bits per heavy atom. The number of aromatic nitrogens is 1. The molecule has 0 fully saturated rings. The minimum Gasteiger partial charge on any atom is -0.441 e. The molecule has 0 atom stereocenters. The summed E-state index contributed by atoms with van der Waals surface area (Å²) < 4.78 is 4.37. The Labute approximate surface area is 107 Å². The van der Waals surface area contributed by atoms with Crippen LogP contribution in [0.25, 0.3) is 0 Å². The van der Waals surface area contributed by atoms with Crippen LogP contribution in [0.15, 0.2) is 6.20 Å². The summed E-state index contributed by atoms with van der Waals surface area (Å²) in [6, 6.07) is 0. The maximum atomic E-state index is 11.5. The summed E-state index contributed by atoms with van der Waals surface area (Å²) in [4.78, 5) is 37.4. The Bertz CT molecular complexity index is 469. The normalized spacial score (nSPS) is 10.2. The van der Waals surface area contributed by atoms with E-state index in [0.29, 0.717) is 5.13 Å². The molecule has 0 spiro atoms. The van der Waals surface area contributed by atoms with Crippen molar-refractivity contribution in [2.45, 2.75) is 13.8 Å². The molecule has 3 N–H and O–H groups in total. The molecule has 2 amide bonds. The van der Waals surface area contributed by atoms with Gasteiger partial charge in [-0.1, -0.05) is 25.2 Å². The van der Waals surface area contributed by atoms with Crippen molar-refractivity contribution in [3.63, 3.8) is 0 Å². The zero-order chi connectivity index (χ0) is 13.7. The molecular formula is C10H13N3O4S. The molecule has 0 bridgehead atoms. The van der Waals surface area contributed by atoms with Crippen molar-refractivity contribution in [2.75, 3.05) is 11.9 Å². The van der Waals surface area contributed by atoms with E-state index in [1.807, 2.05) is 0 Å². The van der Waals surface area contributed by atoms with Gasteiger partial charge in [0.1, 0.15) is 0 Å². The first-order chi connectivity index (χ1) is 8.40. The summed E-state index contributed by atoms with van der Waals surface area (Å²) >= 11 is 1.01. The van der Waals surface area contributed by atoms with Gasteiger partial charge in [-0.15, -0.1) is 0 Å². The molecule has 0 aliphatic carbocycles. The van der Waals surface area contributed by atoms with Gasteiger partial charge in [-0.2, -0.15) is 0 Å². The molecule has 0 unspecified atom stereocenters. The fourth-order valence-corrected chi connectivity index (χ4v) is 1.66. The summed E-state index contributed by atoms with van der Waals surface area (Å²) in [7, 11) is 0. The zero-order valence-electron chi connectivity index (χ0n) is 9.93. The Morgan fingerprint density at radius 3 is 2.72 bits per heavy atom. The van der Waals surface area contributed by atoms with Crippen molar-refractivity contribution in [1.82, 2.24) is 4.98 Å². The van der Waals surface area contributed by atoms with Gasteiger partial charge in [0.15, 0.2) is 11.7 Å². The molecular weight excluding hydrogens is 258 g/mol. The third-order valence-corrected chi connectivity index (χ3v) is 2.83. The second-order valence-electron chi connectivity index (χ2n) is 3.70. The molecule has 0 aliphatic heterocycles. The van der Waals surface area contributed by atoms with Crippen LogP contribution in [-0.2, 0) is 9.53 Å². The quantitative estimate of drug-likeness (QED) is 0.776. The van der Waals surface area contributed by atoms with Gasteiger partial charge in [-0.25, -0.2) is 9.78 Å². The average molecular weight is 271 g/mol. The van der Waals surface area contributed by atoms with Crippen LogP contribution in [-0.4, -0.2) is 29.4 Å². The lowest BCUT2D eigenvalue weighted by Gasteiger charge is -2.03. The van der Waals surface area contributed by atoms with E-state index in [0.717, 1.165) is 11.3 Å². The van der Waals surface area contributed by atoms with Gasteiger partial charge in [0.05, 0.1) is 11.1 Å². The highest BCUT2D eigenvalue weighted by Gasteiger charge is 2.14. The number of carbonyl (C=O) groups excluding carboxylic acids is 3. The predicted molar refractivity (Wildman–Crippen MR) is 65.4 cm³/mol. The van der Waals surface area contributed by atoms with Gasteiger partial charge in [-0.05, 0) is 0 Å². The van der Waals surface area contributed by atoms with Crippen molar-refractivity contribution in [3.8, 4) is 0 Å². The van der Waals surface area contributed by atoms with Crippen molar-refractivity contribution in [1.29, 1.82) is 0 Å². The smallest absolute Gasteiger partial charge is 0.404 e. The first-order valence-corrected chi connectivity index (χ1v) is 5.94. The minimum atomic E-state index is -1.01. The molecule has 1 aromatic heterocycles. The summed E-state index contributed by atoms with van der Waals surface area (Å²) in [6.07, 6.45) is 0.300. The van der Waals surface area contributed by atoms with E-state index < -0.39 is 18.5 Å². The molecule has 0 radical (unpaired) electrons. The van der Waals surface area contributed by atoms with Crippen molar-refractivity contribution < 1.29 is 19.1 Å². The Balaban J connectivity index is 2.60. The van der Waals surface area contributed by atoms with E-state index in [4.69, 9.17) is 5.73 Å². The van der Waals surface area contributed by atoms with Gasteiger partial charge in [0, 0.05) is 5.92 Å². The lowest BCUT2D eigenvalue weighted by Crippen LogP contribution is -2.18. The minimum absolute atomic E-state index is 0.175. The topological polar surface area (TPSA) is 111 Å². The van der Waals surface area contributed by atoms with Gasteiger partial charge in [-0.3, -0.25) is 9.59 Å². The number of hydrogen-bond donors (Lipinski definition) is 2. The molecule has 98 valence electrons. The lowest BCUT2D eigenvalue weighted by molar-refractivity contribution is -0.118. The number of primary amides is 1. The predicted octanol–water partition coefficient (Wildman–Crippen LogP) is 1.02. The first-order valence-electron chi connectivity index (χ1n) is 5.12. The van der Waals surface area contributed by atoms with Crippen molar-refractivity contribution >= 4 is 34.3 Å². The molecule has 7 nitrogen and oxygen atoms in total. The highest BCUT2D eigenvalue weighted by Crippen LogP contribution is 2.19. The van der Waals surface area contributed by atoms with Gasteiger partial charge in [0.2, 0.25) is 11.7 Å². The molecule has 0 aliphatic rings. The van der Waals surface area contributed by atoms with Crippen molar-refractivity contribution in [3.05, 3.63) is 11.1 Å². The fraction of sp³-hybridized carbons (Fsp3) is 0.400. The first kappa shape index (κ1) is 14.1. The Kier molecular flexibility index (Phi) is 4.78. The molecule has 0 saturated heterocycles. The van der Waals surface area contributed by atoms with Gasteiger partial charge < -0.3 is 15.8 Å². The standard InChI is InChI=1S/C10H13N3O4S/c1-5(2)8(15)13-10-12-3-7(18-10)6(14)4-17-9(11)16/h3,5H,4H2,1-2H3,(H2,11,16)(H,12,13,15). The third kappa shape index (κ3) is 4.13. The number of anilines is 1. The number of amides is 2. The van der Waals surface area contributed by atoms with Crippen molar-refractivity contribution in [2.24, 2.45) is 11.7 Å². The van der Waals surface area contributed by atoms with E-state index in [-0.39, 0.29) is 16.7 Å². The summed E-state index contributed by atoms with van der Waals surface area (Å²) in [5, 5.41) is 2.90. The molecule has 0 saturated carbocycles. The highest BCUT2D eigenvalue weighted by atomic mass is 32.1. The highest BCUT2D eigenvalue weighted by molar-refractivity contribution is 7.17. The number of nitrogens with zero attached hydrogens (tertiary/aromatic N) is 1. The van der Waals surface area contributed by atoms with Gasteiger partial charge in [0.25, 0.3) is 0 Å². The average Bonchev–Trinajstić information content (AvgIpc) is 2.74. The van der Waals surface area contributed by atoms with E-state index in [1.165, 1.54) is 6.20 Å². The molecule has 8 heteroatoms. The van der Waals surface area contributed by atoms with Crippen LogP contribution in [0.4, 0.5) is 9.93 Å². The molecule has 1 aromatic rings. The lowest BCUT2D eigenvalue weighted by atomic mass is 10.2. The van der Waals surface area contributed by atoms with Crippen LogP contribution < -0.4 is 11.1 Å². The molecule has 1 heterocycles. The van der Waals surface area contributed by atoms with E-state index in [2.05, 4.69) is 15.0 Å². The fourth-order valence-electron chi connectivity index (χ4n) is 0.918. The van der Waals surface area contributed by atoms with E-state index >= 15 is 0 Å². The third-order valence-electron chi connectivity index (χ3n) is 1.88. The largest absolute Gasteiger partial charge is 0.441 e. The number of ether oxygens (including phenoxy) is 1. The van der Waals surface area contributed by atoms with Crippen LogP contribution in [0, 0.1) is 5.92 Å². The number of ketones is 1. The maximum absolute atomic E-state index is 11.5. The number of rotatable bonds is 5. The monoisotopic (exact) mass is 271 g/mol. The number of nitrogens with two attached hydrogens (primary N) is 1. The SMILES string of the molecule is CC(C)C(=O)Nc1ncc(C(=O)COC(N)=O)s1. The zero-order valence-corrected chi connectivity index (χ0v) is 10.7. The van der Waals surface area contributed by atoms with Crippen LogP contribution in [0.2, 0.25) is 0 Å². The van der Waals surface area contributed by atoms with Gasteiger partial charge >= 0.3 is 6.09 Å². The summed E-state index contributed by atoms with van der Waals surface area (Å²) in [5.74, 6) is -0.778. The number of Topliss-reactive ketones (excluding diaryl/α,β-unsaturated/α-hetero) is 1. The van der Waals surface area contributed by atoms with E-state index in [9.17, 15) is 14.4 Å². The molecule has 1 rings (SSSR count). The van der Waals surface area contributed by atoms with Crippen LogP contribution >= 0.6 is 11.3 Å². The van der Waals surface area contributed by atoms with Crippen LogP contribution in [0.1, 0.15) is 23.5 Å². The van der Waals surface area contributed by atoms with Crippen LogP contribution in [0.3, 0.4) is 0 Å². The summed E-state index contributed by atoms with van der Waals surface area (Å²) in [6.45, 7) is 3.06. The maximum Gasteiger partial charge on any atom is 0.404 e. The molecule has 18 heavy (non-hydrogen) atoms. The second-order valence-corrected chi connectivity index (χ2v) is 4.74. The Morgan fingerprint density at radius 2 is 2.17 bits per heavy atom. The number of carbonyl (C=O) groups is 3. The Hall–Kier alpha value is -1.96.